The number of nitro groups is 1. The summed E-state index contributed by atoms with van der Waals surface area (Å²) in [5.41, 5.74) is 0.901. The summed E-state index contributed by atoms with van der Waals surface area (Å²) in [5.74, 6) is -0.196. The number of methoxy groups -OCH3 is 1. The molecule has 1 amide bonds. The number of nitro benzene ring substituents is 1. The molecule has 0 spiro atoms. The minimum Gasteiger partial charge on any atom is -0.495 e. The fraction of sp³-hybridized carbons (Fsp3) is 0.381. The molecule has 0 aliphatic carbocycles. The maximum absolute atomic E-state index is 12.9. The number of rotatable bonds is 5. The summed E-state index contributed by atoms with van der Waals surface area (Å²) in [5, 5.41) is 13.6. The van der Waals surface area contributed by atoms with Crippen molar-refractivity contribution in [1.29, 1.82) is 0 Å². The Labute approximate surface area is 186 Å². The van der Waals surface area contributed by atoms with Crippen LogP contribution in [0.15, 0.2) is 36.4 Å². The number of benzene rings is 2. The number of hydrogen-bond donors (Lipinski definition) is 1. The van der Waals surface area contributed by atoms with E-state index in [1.54, 1.807) is 12.1 Å². The van der Waals surface area contributed by atoms with Crippen LogP contribution in [0.4, 0.5) is 17.1 Å². The topological polar surface area (TPSA) is 128 Å². The average molecular weight is 464 g/mol. The number of non-ortho nitro benzene ring substituents is 1. The highest BCUT2D eigenvalue weighted by molar-refractivity contribution is 7.92. The molecule has 1 N–H and O–H groups in total. The molecule has 2 aromatic rings. The Morgan fingerprint density at radius 3 is 2.50 bits per heavy atom. The van der Waals surface area contributed by atoms with Gasteiger partial charge in [-0.05, 0) is 29.2 Å². The van der Waals surface area contributed by atoms with Crippen molar-refractivity contribution in [2.45, 2.75) is 32.3 Å². The lowest BCUT2D eigenvalue weighted by Crippen LogP contribution is -2.48. The van der Waals surface area contributed by atoms with Gasteiger partial charge in [-0.15, -0.1) is 0 Å². The van der Waals surface area contributed by atoms with Gasteiger partial charge in [-0.25, -0.2) is 8.42 Å². The molecule has 0 radical (unpaired) electrons. The van der Waals surface area contributed by atoms with Crippen LogP contribution in [0.1, 0.15) is 26.3 Å². The van der Waals surface area contributed by atoms with E-state index in [0.29, 0.717) is 5.69 Å². The van der Waals surface area contributed by atoms with E-state index in [9.17, 15) is 23.3 Å². The number of carbonyl (C=O) groups is 1. The van der Waals surface area contributed by atoms with Gasteiger partial charge in [-0.3, -0.25) is 19.2 Å². The van der Waals surface area contributed by atoms with Gasteiger partial charge in [0.25, 0.3) is 11.6 Å². The number of nitrogens with zero attached hydrogens (tertiary/aromatic N) is 2. The van der Waals surface area contributed by atoms with Gasteiger partial charge in [0.15, 0.2) is 6.10 Å². The van der Waals surface area contributed by atoms with Crippen LogP contribution < -0.4 is 19.1 Å². The quantitative estimate of drug-likeness (QED) is 0.533. The molecular weight excluding hydrogens is 438 g/mol. The summed E-state index contributed by atoms with van der Waals surface area (Å²) in [6.07, 6.45) is -0.119. The highest BCUT2D eigenvalue weighted by Gasteiger charge is 2.36. The van der Waals surface area contributed by atoms with Crippen molar-refractivity contribution < 1.29 is 27.6 Å². The maximum atomic E-state index is 12.9. The number of fused-ring (bicyclic) bond motifs is 1. The fourth-order valence-corrected chi connectivity index (χ4v) is 4.20. The monoisotopic (exact) mass is 463 g/mol. The van der Waals surface area contributed by atoms with Crippen molar-refractivity contribution in [1.82, 2.24) is 0 Å². The zero-order chi connectivity index (χ0) is 23.8. The first-order valence-corrected chi connectivity index (χ1v) is 11.6. The van der Waals surface area contributed by atoms with Gasteiger partial charge < -0.3 is 14.8 Å². The summed E-state index contributed by atoms with van der Waals surface area (Å²) in [6, 6.07) is 8.98. The lowest BCUT2D eigenvalue weighted by atomic mass is 9.86. The minimum absolute atomic E-state index is 0.0788. The molecule has 1 heterocycles. The molecule has 1 aliphatic rings. The Bertz CT molecular complexity index is 1170. The van der Waals surface area contributed by atoms with Crippen LogP contribution in [0.25, 0.3) is 0 Å². The molecule has 2 aromatic carbocycles. The second-order valence-corrected chi connectivity index (χ2v) is 10.4. The third kappa shape index (κ3) is 4.77. The molecule has 11 heteroatoms. The third-order valence-electron chi connectivity index (χ3n) is 5.04. The average Bonchev–Trinajstić information content (AvgIpc) is 2.70. The number of anilines is 2. The lowest BCUT2D eigenvalue weighted by Gasteiger charge is -2.35. The summed E-state index contributed by atoms with van der Waals surface area (Å²) < 4.78 is 37.1. The zero-order valence-corrected chi connectivity index (χ0v) is 19.2. The molecule has 1 unspecified atom stereocenters. The van der Waals surface area contributed by atoms with Crippen molar-refractivity contribution in [3.63, 3.8) is 0 Å². The van der Waals surface area contributed by atoms with Crippen LogP contribution in [0.5, 0.6) is 11.5 Å². The van der Waals surface area contributed by atoms with Crippen LogP contribution in [0, 0.1) is 10.1 Å². The minimum atomic E-state index is -3.71. The summed E-state index contributed by atoms with van der Waals surface area (Å²) in [4.78, 5) is 23.4. The van der Waals surface area contributed by atoms with Crippen LogP contribution in [-0.4, -0.2) is 45.3 Å². The van der Waals surface area contributed by atoms with Crippen LogP contribution in [0.2, 0.25) is 0 Å². The van der Waals surface area contributed by atoms with Gasteiger partial charge in [-0.1, -0.05) is 26.8 Å². The Balaban J connectivity index is 1.95. The SMILES string of the molecule is COc1ccc([N+](=O)[O-])cc1NC(=O)C1CN(S(C)(=O)=O)c2cc(C(C)(C)C)ccc2O1. The second kappa shape index (κ2) is 8.30. The molecule has 1 atom stereocenters. The van der Waals surface area contributed by atoms with E-state index < -0.39 is 27.0 Å². The highest BCUT2D eigenvalue weighted by atomic mass is 32.2. The Morgan fingerprint density at radius 2 is 1.94 bits per heavy atom. The maximum Gasteiger partial charge on any atom is 0.271 e. The number of hydrogen-bond acceptors (Lipinski definition) is 7. The highest BCUT2D eigenvalue weighted by Crippen LogP contribution is 2.39. The summed E-state index contributed by atoms with van der Waals surface area (Å²) in [7, 11) is -2.35. The van der Waals surface area contributed by atoms with Gasteiger partial charge >= 0.3 is 0 Å². The van der Waals surface area contributed by atoms with E-state index in [4.69, 9.17) is 9.47 Å². The van der Waals surface area contributed by atoms with E-state index in [1.165, 1.54) is 19.2 Å². The van der Waals surface area contributed by atoms with Crippen molar-refractivity contribution >= 4 is 33.0 Å². The fourth-order valence-electron chi connectivity index (χ4n) is 3.29. The van der Waals surface area contributed by atoms with Crippen molar-refractivity contribution in [2.24, 2.45) is 0 Å². The van der Waals surface area contributed by atoms with Gasteiger partial charge in [0.1, 0.15) is 11.5 Å². The zero-order valence-electron chi connectivity index (χ0n) is 18.4. The molecule has 0 bridgehead atoms. The van der Waals surface area contributed by atoms with Gasteiger partial charge in [-0.2, -0.15) is 0 Å². The number of carbonyl (C=O) groups excluding carboxylic acids is 1. The van der Waals surface area contributed by atoms with Crippen LogP contribution in [0.3, 0.4) is 0 Å². The van der Waals surface area contributed by atoms with E-state index in [-0.39, 0.29) is 34.8 Å². The van der Waals surface area contributed by atoms with Crippen molar-refractivity contribution in [3.05, 3.63) is 52.1 Å². The van der Waals surface area contributed by atoms with Gasteiger partial charge in [0, 0.05) is 12.1 Å². The van der Waals surface area contributed by atoms with Crippen LogP contribution in [-0.2, 0) is 20.2 Å². The molecule has 3 rings (SSSR count). The largest absolute Gasteiger partial charge is 0.495 e. The molecule has 0 fully saturated rings. The second-order valence-electron chi connectivity index (χ2n) is 8.46. The molecule has 0 saturated carbocycles. The summed E-state index contributed by atoms with van der Waals surface area (Å²) in [6.45, 7) is 5.77. The van der Waals surface area contributed by atoms with Gasteiger partial charge in [0.05, 0.1) is 36.2 Å². The molecular formula is C21H25N3O7S. The standard InChI is InChI=1S/C21H25N3O7S/c1-21(2,3)13-6-8-18-16(10-13)23(32(5,28)29)12-19(31-18)20(25)22-15-11-14(24(26)27)7-9-17(15)30-4/h6-11,19H,12H2,1-5H3,(H,22,25). The first-order valence-electron chi connectivity index (χ1n) is 9.73. The predicted molar refractivity (Wildman–Crippen MR) is 120 cm³/mol. The Kier molecular flexibility index (Phi) is 6.05. The Hall–Kier alpha value is -3.34. The normalized spacial score (nSPS) is 16.0. The van der Waals surface area contributed by atoms with Crippen LogP contribution >= 0.6 is 0 Å². The molecule has 10 nitrogen and oxygen atoms in total. The molecule has 0 aromatic heterocycles. The van der Waals surface area contributed by atoms with E-state index in [1.807, 2.05) is 26.8 Å². The van der Waals surface area contributed by atoms with Crippen molar-refractivity contribution in [2.75, 3.05) is 29.5 Å². The smallest absolute Gasteiger partial charge is 0.271 e. The molecule has 32 heavy (non-hydrogen) atoms. The predicted octanol–water partition coefficient (Wildman–Crippen LogP) is 3.07. The van der Waals surface area contributed by atoms with E-state index >= 15 is 0 Å². The molecule has 1 aliphatic heterocycles. The lowest BCUT2D eigenvalue weighted by molar-refractivity contribution is -0.384. The Morgan fingerprint density at radius 1 is 1.25 bits per heavy atom. The first kappa shape index (κ1) is 23.3. The summed E-state index contributed by atoms with van der Waals surface area (Å²) >= 11 is 0. The third-order valence-corrected chi connectivity index (χ3v) is 6.19. The van der Waals surface area contributed by atoms with E-state index in [2.05, 4.69) is 5.32 Å². The number of nitrogens with one attached hydrogen (secondary N) is 1. The van der Waals surface area contributed by atoms with Crippen molar-refractivity contribution in [3.8, 4) is 11.5 Å². The molecule has 0 saturated heterocycles. The molecule has 172 valence electrons. The first-order chi connectivity index (χ1) is 14.8. The number of sulfonamides is 1. The van der Waals surface area contributed by atoms with E-state index in [0.717, 1.165) is 22.2 Å². The number of amides is 1. The number of ether oxygens (including phenoxy) is 2. The van der Waals surface area contributed by atoms with Gasteiger partial charge in [0.2, 0.25) is 10.0 Å².